The summed E-state index contributed by atoms with van der Waals surface area (Å²) in [6, 6.07) is 11.8. The molecule has 6 heteroatoms. The number of piperazine rings is 1. The van der Waals surface area contributed by atoms with Gasteiger partial charge in [0.05, 0.1) is 6.42 Å². The number of urea groups is 1. The second kappa shape index (κ2) is 8.08. The van der Waals surface area contributed by atoms with Crippen molar-refractivity contribution in [2.45, 2.75) is 26.8 Å². The minimum atomic E-state index is -0.0712. The van der Waals surface area contributed by atoms with Crippen molar-refractivity contribution in [3.63, 3.8) is 0 Å². The van der Waals surface area contributed by atoms with E-state index in [0.717, 1.165) is 22.5 Å². The summed E-state index contributed by atoms with van der Waals surface area (Å²) in [5.74, 6) is 0.122. The van der Waals surface area contributed by atoms with Gasteiger partial charge in [0.2, 0.25) is 5.91 Å². The van der Waals surface area contributed by atoms with Crippen LogP contribution in [0.3, 0.4) is 0 Å². The van der Waals surface area contributed by atoms with Crippen LogP contribution in [0.25, 0.3) is 0 Å². The highest BCUT2D eigenvalue weighted by Crippen LogP contribution is 2.12. The molecule has 0 unspecified atom stereocenters. The van der Waals surface area contributed by atoms with Crippen molar-refractivity contribution in [3.8, 4) is 0 Å². The number of benzene rings is 1. The normalized spacial score (nSPS) is 14.4. The van der Waals surface area contributed by atoms with Gasteiger partial charge in [-0.3, -0.25) is 4.79 Å². The maximum absolute atomic E-state index is 12.5. The molecule has 1 fully saturated rings. The highest BCUT2D eigenvalue weighted by atomic mass is 16.2. The van der Waals surface area contributed by atoms with Crippen molar-refractivity contribution in [3.05, 3.63) is 58.9 Å². The van der Waals surface area contributed by atoms with E-state index in [1.54, 1.807) is 4.90 Å². The number of nitrogens with one attached hydrogen (secondary N) is 2. The third kappa shape index (κ3) is 4.45. The van der Waals surface area contributed by atoms with E-state index < -0.39 is 0 Å². The summed E-state index contributed by atoms with van der Waals surface area (Å²) in [6.07, 6.45) is 0.413. The van der Waals surface area contributed by atoms with Gasteiger partial charge in [-0.15, -0.1) is 0 Å². The summed E-state index contributed by atoms with van der Waals surface area (Å²) in [5.41, 5.74) is 4.25. The van der Waals surface area contributed by atoms with Crippen molar-refractivity contribution < 1.29 is 9.59 Å². The molecule has 1 aliphatic rings. The van der Waals surface area contributed by atoms with Crippen LogP contribution in [0.5, 0.6) is 0 Å². The second-order valence-electron chi connectivity index (χ2n) is 6.79. The average Bonchev–Trinajstić information content (AvgIpc) is 2.97. The van der Waals surface area contributed by atoms with Crippen LogP contribution in [0.1, 0.15) is 22.5 Å². The maximum atomic E-state index is 12.5. The third-order valence-corrected chi connectivity index (χ3v) is 4.80. The molecule has 26 heavy (non-hydrogen) atoms. The van der Waals surface area contributed by atoms with Gasteiger partial charge < -0.3 is 20.1 Å². The summed E-state index contributed by atoms with van der Waals surface area (Å²) in [4.78, 5) is 31.7. The minimum absolute atomic E-state index is 0.0712. The summed E-state index contributed by atoms with van der Waals surface area (Å²) >= 11 is 0. The van der Waals surface area contributed by atoms with Gasteiger partial charge in [0.25, 0.3) is 0 Å². The maximum Gasteiger partial charge on any atom is 0.317 e. The zero-order valence-electron chi connectivity index (χ0n) is 15.4. The number of aromatic amines is 1. The molecule has 1 saturated heterocycles. The van der Waals surface area contributed by atoms with Crippen LogP contribution < -0.4 is 5.32 Å². The number of amides is 3. The van der Waals surface area contributed by atoms with Crippen LogP contribution in [0.15, 0.2) is 36.4 Å². The van der Waals surface area contributed by atoms with Crippen molar-refractivity contribution in [2.75, 3.05) is 26.2 Å². The van der Waals surface area contributed by atoms with Gasteiger partial charge in [-0.1, -0.05) is 30.3 Å². The Hall–Kier alpha value is -2.76. The van der Waals surface area contributed by atoms with E-state index in [0.29, 0.717) is 39.1 Å². The molecule has 0 radical (unpaired) electrons. The van der Waals surface area contributed by atoms with Crippen LogP contribution in [-0.4, -0.2) is 52.9 Å². The van der Waals surface area contributed by atoms with E-state index in [2.05, 4.69) is 10.3 Å². The Morgan fingerprint density at radius 2 is 1.69 bits per heavy atom. The van der Waals surface area contributed by atoms with E-state index in [1.807, 2.05) is 55.1 Å². The Morgan fingerprint density at radius 1 is 1.04 bits per heavy atom. The molecule has 0 atom stereocenters. The molecule has 3 rings (SSSR count). The lowest BCUT2D eigenvalue weighted by Gasteiger charge is -2.34. The molecule has 2 N–H and O–H groups in total. The predicted molar refractivity (Wildman–Crippen MR) is 101 cm³/mol. The lowest BCUT2D eigenvalue weighted by atomic mass is 10.1. The van der Waals surface area contributed by atoms with Crippen LogP contribution in [0.4, 0.5) is 4.79 Å². The molecule has 2 aromatic rings. The fourth-order valence-electron chi connectivity index (χ4n) is 3.28. The molecule has 0 saturated carbocycles. The lowest BCUT2D eigenvalue weighted by molar-refractivity contribution is -0.131. The Balaban J connectivity index is 1.45. The van der Waals surface area contributed by atoms with Crippen LogP contribution in [-0.2, 0) is 17.8 Å². The van der Waals surface area contributed by atoms with Crippen LogP contribution in [0.2, 0.25) is 0 Å². The number of aryl methyl sites for hydroxylation is 2. The fourth-order valence-corrected chi connectivity index (χ4v) is 3.28. The standard InChI is InChI=1S/C20H26N4O2/c1-15-12-18(16(2)22-15)13-19(25)23-8-10-24(11-9-23)20(26)21-14-17-6-4-3-5-7-17/h3-7,12,22H,8-11,13-14H2,1-2H3,(H,21,26). The van der Waals surface area contributed by atoms with Crippen LogP contribution in [0, 0.1) is 13.8 Å². The quantitative estimate of drug-likeness (QED) is 0.884. The van der Waals surface area contributed by atoms with Crippen LogP contribution >= 0.6 is 0 Å². The molecule has 1 aromatic heterocycles. The number of nitrogens with zero attached hydrogens (tertiary/aromatic N) is 2. The average molecular weight is 354 g/mol. The molecule has 1 aromatic carbocycles. The van der Waals surface area contributed by atoms with Gasteiger partial charge in [-0.2, -0.15) is 0 Å². The summed E-state index contributed by atoms with van der Waals surface area (Å²) in [7, 11) is 0. The van der Waals surface area contributed by atoms with E-state index in [1.165, 1.54) is 0 Å². The molecule has 1 aliphatic heterocycles. The number of hydrogen-bond acceptors (Lipinski definition) is 2. The van der Waals surface area contributed by atoms with Gasteiger partial charge in [-0.05, 0) is 31.0 Å². The third-order valence-electron chi connectivity index (χ3n) is 4.80. The van der Waals surface area contributed by atoms with Gasteiger partial charge in [-0.25, -0.2) is 4.79 Å². The Labute approximate surface area is 154 Å². The Morgan fingerprint density at radius 3 is 2.31 bits per heavy atom. The molecule has 0 bridgehead atoms. The first-order valence-corrected chi connectivity index (χ1v) is 9.02. The van der Waals surface area contributed by atoms with E-state index in [-0.39, 0.29) is 11.9 Å². The van der Waals surface area contributed by atoms with Crippen molar-refractivity contribution in [2.24, 2.45) is 0 Å². The van der Waals surface area contributed by atoms with Crippen molar-refractivity contribution >= 4 is 11.9 Å². The van der Waals surface area contributed by atoms with Gasteiger partial charge >= 0.3 is 6.03 Å². The zero-order chi connectivity index (χ0) is 18.5. The zero-order valence-corrected chi connectivity index (χ0v) is 15.4. The number of aromatic nitrogens is 1. The van der Waals surface area contributed by atoms with E-state index >= 15 is 0 Å². The number of carbonyl (C=O) groups excluding carboxylic acids is 2. The highest BCUT2D eigenvalue weighted by Gasteiger charge is 2.24. The molecule has 0 spiro atoms. The second-order valence-corrected chi connectivity index (χ2v) is 6.79. The first-order chi connectivity index (χ1) is 12.5. The SMILES string of the molecule is Cc1cc(CC(=O)N2CCN(C(=O)NCc3ccccc3)CC2)c(C)[nH]1. The molecule has 2 heterocycles. The highest BCUT2D eigenvalue weighted by molar-refractivity contribution is 5.80. The first-order valence-electron chi connectivity index (χ1n) is 9.02. The van der Waals surface area contributed by atoms with Gasteiger partial charge in [0.1, 0.15) is 0 Å². The number of H-pyrrole nitrogens is 1. The van der Waals surface area contributed by atoms with Gasteiger partial charge in [0, 0.05) is 44.1 Å². The smallest absolute Gasteiger partial charge is 0.317 e. The largest absolute Gasteiger partial charge is 0.362 e. The summed E-state index contributed by atoms with van der Waals surface area (Å²) in [5, 5.41) is 2.94. The summed E-state index contributed by atoms with van der Waals surface area (Å²) < 4.78 is 0. The van der Waals surface area contributed by atoms with Crippen molar-refractivity contribution in [1.29, 1.82) is 0 Å². The monoisotopic (exact) mass is 354 g/mol. The predicted octanol–water partition coefficient (Wildman–Crippen LogP) is 2.23. The summed E-state index contributed by atoms with van der Waals surface area (Å²) in [6.45, 7) is 6.80. The number of hydrogen-bond donors (Lipinski definition) is 2. The topological polar surface area (TPSA) is 68.4 Å². The van der Waals surface area contributed by atoms with E-state index in [9.17, 15) is 9.59 Å². The molecular weight excluding hydrogens is 328 g/mol. The first kappa shape index (κ1) is 18.0. The number of carbonyl (C=O) groups is 2. The minimum Gasteiger partial charge on any atom is -0.362 e. The van der Waals surface area contributed by atoms with Crippen molar-refractivity contribution in [1.82, 2.24) is 20.1 Å². The molecular formula is C20H26N4O2. The Kier molecular flexibility index (Phi) is 5.61. The van der Waals surface area contributed by atoms with Gasteiger partial charge in [0.15, 0.2) is 0 Å². The number of rotatable bonds is 4. The van der Waals surface area contributed by atoms with E-state index in [4.69, 9.17) is 0 Å². The molecule has 138 valence electrons. The molecule has 0 aliphatic carbocycles. The molecule has 6 nitrogen and oxygen atoms in total. The molecule has 3 amide bonds. The fraction of sp³-hybridized carbons (Fsp3) is 0.400. The lowest BCUT2D eigenvalue weighted by Crippen LogP contribution is -2.53. The Bertz CT molecular complexity index is 761.